The Morgan fingerprint density at radius 1 is 0.775 bits per heavy atom. The molecular formula is C31H34F2N2O4S. The summed E-state index contributed by atoms with van der Waals surface area (Å²) in [4.78, 5) is 6.78. The van der Waals surface area contributed by atoms with Gasteiger partial charge < -0.3 is 23.8 Å². The van der Waals surface area contributed by atoms with Gasteiger partial charge in [-0.25, -0.2) is 8.78 Å². The van der Waals surface area contributed by atoms with E-state index >= 15 is 0 Å². The molecule has 0 saturated carbocycles. The molecule has 0 aromatic heterocycles. The van der Waals surface area contributed by atoms with Crippen LogP contribution in [-0.2, 0) is 38.8 Å². The van der Waals surface area contributed by atoms with Crippen LogP contribution in [0.1, 0.15) is 16.7 Å². The summed E-state index contributed by atoms with van der Waals surface area (Å²) in [6, 6.07) is 28.2. The molecule has 0 spiro atoms. The molecular weight excluding hydrogens is 534 g/mol. The van der Waals surface area contributed by atoms with Gasteiger partial charge in [0.25, 0.3) is 6.43 Å². The number of hydrogen-bond donors (Lipinski definition) is 0. The number of halogens is 2. The zero-order valence-electron chi connectivity index (χ0n) is 22.5. The van der Waals surface area contributed by atoms with Crippen molar-refractivity contribution in [2.75, 3.05) is 14.1 Å². The minimum absolute atomic E-state index is 0.0251. The van der Waals surface area contributed by atoms with E-state index < -0.39 is 42.3 Å². The largest absolute Gasteiger partial charge is 0.368 e. The second-order valence-corrected chi connectivity index (χ2v) is 11.1. The maximum atomic E-state index is 14.7. The number of hydrogen-bond acceptors (Lipinski definition) is 7. The van der Waals surface area contributed by atoms with Gasteiger partial charge in [0, 0.05) is 14.1 Å². The first kappa shape index (κ1) is 28.7. The van der Waals surface area contributed by atoms with Gasteiger partial charge in [0.05, 0.1) is 19.8 Å². The highest BCUT2D eigenvalue weighted by Gasteiger charge is 2.55. The average Bonchev–Trinajstić information content (AvgIpc) is 3.41. The Morgan fingerprint density at radius 2 is 1.27 bits per heavy atom. The fourth-order valence-corrected chi connectivity index (χ4v) is 5.96. The van der Waals surface area contributed by atoms with Gasteiger partial charge in [0.1, 0.15) is 35.9 Å². The zero-order valence-corrected chi connectivity index (χ0v) is 23.3. The van der Waals surface area contributed by atoms with Crippen molar-refractivity contribution in [3.63, 3.8) is 0 Å². The van der Waals surface area contributed by atoms with Crippen LogP contribution in [0.4, 0.5) is 8.78 Å². The molecule has 0 aliphatic carbocycles. The Balaban J connectivity index is 1.46. The number of amidine groups is 1. The summed E-state index contributed by atoms with van der Waals surface area (Å²) in [5, 5.41) is 0.754. The van der Waals surface area contributed by atoms with Crippen LogP contribution in [0.5, 0.6) is 0 Å². The predicted octanol–water partition coefficient (Wildman–Crippen LogP) is 5.77. The summed E-state index contributed by atoms with van der Waals surface area (Å²) < 4.78 is 54.6. The second kappa shape index (κ2) is 13.7. The zero-order chi connectivity index (χ0) is 27.9. The first-order chi connectivity index (χ1) is 19.5. The van der Waals surface area contributed by atoms with E-state index in [-0.39, 0.29) is 19.8 Å². The van der Waals surface area contributed by atoms with Crippen LogP contribution < -0.4 is 0 Å². The maximum Gasteiger partial charge on any atom is 0.267 e. The molecule has 5 unspecified atom stereocenters. The summed E-state index contributed by atoms with van der Waals surface area (Å²) in [5.74, 6) is 0. The van der Waals surface area contributed by atoms with E-state index in [2.05, 4.69) is 0 Å². The highest BCUT2D eigenvalue weighted by Crippen LogP contribution is 2.41. The lowest BCUT2D eigenvalue weighted by Crippen LogP contribution is -2.61. The van der Waals surface area contributed by atoms with Crippen LogP contribution in [0.15, 0.2) is 96.0 Å². The lowest BCUT2D eigenvalue weighted by atomic mass is 9.94. The molecule has 1 saturated heterocycles. The molecule has 3 aromatic carbocycles. The topological polar surface area (TPSA) is 52.5 Å². The van der Waals surface area contributed by atoms with Gasteiger partial charge in [-0.3, -0.25) is 4.99 Å². The molecule has 6 atom stereocenters. The lowest BCUT2D eigenvalue weighted by molar-refractivity contribution is -0.244. The third-order valence-electron chi connectivity index (χ3n) is 6.85. The van der Waals surface area contributed by atoms with Gasteiger partial charge in [-0.15, -0.1) is 0 Å². The van der Waals surface area contributed by atoms with Crippen LogP contribution in [-0.4, -0.2) is 66.5 Å². The predicted molar refractivity (Wildman–Crippen MR) is 152 cm³/mol. The van der Waals surface area contributed by atoms with Crippen LogP contribution in [0.25, 0.3) is 0 Å². The summed E-state index contributed by atoms with van der Waals surface area (Å²) in [5.41, 5.74) is 2.18. The minimum Gasteiger partial charge on any atom is -0.368 e. The highest BCUT2D eigenvalue weighted by atomic mass is 32.2. The number of benzene rings is 3. The summed E-state index contributed by atoms with van der Waals surface area (Å²) >= 11 is 1.41. The molecule has 0 radical (unpaired) electrons. The van der Waals surface area contributed by atoms with Crippen molar-refractivity contribution in [3.8, 4) is 0 Å². The monoisotopic (exact) mass is 568 g/mol. The summed E-state index contributed by atoms with van der Waals surface area (Å²) in [6.45, 7) is 0.520. The fourth-order valence-electron chi connectivity index (χ4n) is 4.82. The molecule has 0 amide bonds. The highest BCUT2D eigenvalue weighted by molar-refractivity contribution is 8.14. The molecule has 2 aliphatic rings. The van der Waals surface area contributed by atoms with Crippen LogP contribution >= 0.6 is 11.8 Å². The first-order valence-corrected chi connectivity index (χ1v) is 14.2. The average molecular weight is 569 g/mol. The van der Waals surface area contributed by atoms with E-state index in [9.17, 15) is 8.78 Å². The van der Waals surface area contributed by atoms with Gasteiger partial charge in [0.2, 0.25) is 0 Å². The normalized spacial score (nSPS) is 24.9. The maximum absolute atomic E-state index is 14.7. The molecule has 1 fully saturated rings. The van der Waals surface area contributed by atoms with Crippen molar-refractivity contribution < 1.29 is 27.7 Å². The molecule has 5 rings (SSSR count). The third kappa shape index (κ3) is 7.08. The Hall–Kier alpha value is -2.82. The first-order valence-electron chi connectivity index (χ1n) is 13.3. The van der Waals surface area contributed by atoms with Gasteiger partial charge in [-0.05, 0) is 16.7 Å². The number of thioether (sulfide) groups is 1. The van der Waals surface area contributed by atoms with Crippen molar-refractivity contribution >= 4 is 16.9 Å². The van der Waals surface area contributed by atoms with E-state index in [0.717, 1.165) is 21.9 Å². The number of nitrogens with zero attached hydrogens (tertiary/aromatic N) is 2. The van der Waals surface area contributed by atoms with Gasteiger partial charge in [0.15, 0.2) is 5.17 Å². The van der Waals surface area contributed by atoms with Crippen molar-refractivity contribution in [2.45, 2.75) is 62.1 Å². The second-order valence-electron chi connectivity index (χ2n) is 10.0. The number of alkyl halides is 2. The van der Waals surface area contributed by atoms with E-state index in [0.29, 0.717) is 0 Å². The molecule has 0 bridgehead atoms. The standard InChI is InChI=1S/C31H34F2N2O4S/c1-35(2)31-34-24-25(36-18-21-12-6-3-7-13-21)26(37-19-22-14-8-4-9-15-22)27(39-30(24)40-31)28(29(32)33)38-20-23-16-10-5-11-17-23/h3-17,24-30H,18-20H2,1-2H3/t24?,25?,26?,27?,28-,30?/m1/s1. The van der Waals surface area contributed by atoms with Crippen molar-refractivity contribution in [1.82, 2.24) is 4.90 Å². The minimum atomic E-state index is -2.80. The van der Waals surface area contributed by atoms with Crippen LogP contribution in [0.2, 0.25) is 0 Å². The number of ether oxygens (including phenoxy) is 4. The van der Waals surface area contributed by atoms with Crippen molar-refractivity contribution in [3.05, 3.63) is 108 Å². The van der Waals surface area contributed by atoms with E-state index in [1.54, 1.807) is 0 Å². The van der Waals surface area contributed by atoms with Gasteiger partial charge in [-0.1, -0.05) is 103 Å². The van der Waals surface area contributed by atoms with E-state index in [4.69, 9.17) is 23.9 Å². The third-order valence-corrected chi connectivity index (χ3v) is 8.15. The Bertz CT molecular complexity index is 1220. The number of fused-ring (bicyclic) bond motifs is 1. The SMILES string of the molecule is CN(C)C1=NC2C(OC([C@@H](OCc3ccccc3)C(F)F)C(OCc3ccccc3)C2OCc2ccccc2)S1. The molecule has 40 heavy (non-hydrogen) atoms. The molecule has 212 valence electrons. The molecule has 2 heterocycles. The number of rotatable bonds is 11. The smallest absolute Gasteiger partial charge is 0.267 e. The van der Waals surface area contributed by atoms with E-state index in [1.807, 2.05) is 110 Å². The van der Waals surface area contributed by atoms with Crippen molar-refractivity contribution in [2.24, 2.45) is 4.99 Å². The molecule has 3 aromatic rings. The van der Waals surface area contributed by atoms with Crippen LogP contribution in [0.3, 0.4) is 0 Å². The Labute approximate surface area is 238 Å². The van der Waals surface area contributed by atoms with Crippen LogP contribution in [0, 0.1) is 0 Å². The number of aliphatic imine (C=N–C) groups is 1. The van der Waals surface area contributed by atoms with E-state index in [1.165, 1.54) is 11.8 Å². The molecule has 9 heteroatoms. The summed E-state index contributed by atoms with van der Waals surface area (Å²) in [6.07, 6.45) is -6.92. The lowest BCUT2D eigenvalue weighted by Gasteiger charge is -2.45. The molecule has 6 nitrogen and oxygen atoms in total. The Morgan fingerprint density at radius 3 is 1.77 bits per heavy atom. The quantitative estimate of drug-likeness (QED) is 0.293. The van der Waals surface area contributed by atoms with Gasteiger partial charge in [-0.2, -0.15) is 0 Å². The Kier molecular flexibility index (Phi) is 9.83. The summed E-state index contributed by atoms with van der Waals surface area (Å²) in [7, 11) is 3.80. The molecule has 2 aliphatic heterocycles. The fraction of sp³-hybridized carbons (Fsp3) is 0.387. The van der Waals surface area contributed by atoms with Crippen molar-refractivity contribution in [1.29, 1.82) is 0 Å². The van der Waals surface area contributed by atoms with Gasteiger partial charge >= 0.3 is 0 Å². The molecule has 0 N–H and O–H groups in total.